The quantitative estimate of drug-likeness (QED) is 0.917. The molecule has 0 saturated carbocycles. The maximum absolute atomic E-state index is 6.41. The van der Waals surface area contributed by atoms with Gasteiger partial charge >= 0.3 is 0 Å². The number of rotatable bonds is 5. The monoisotopic (exact) mass is 293 g/mol. The Labute approximate surface area is 124 Å². The van der Waals surface area contributed by atoms with E-state index in [4.69, 9.17) is 22.1 Å². The van der Waals surface area contributed by atoms with Crippen molar-refractivity contribution in [1.82, 2.24) is 9.78 Å². The van der Waals surface area contributed by atoms with Gasteiger partial charge in [-0.15, -0.1) is 0 Å². The fourth-order valence-corrected chi connectivity index (χ4v) is 2.47. The summed E-state index contributed by atoms with van der Waals surface area (Å²) in [6.07, 6.45) is 1.64. The fourth-order valence-electron chi connectivity index (χ4n) is 2.22. The summed E-state index contributed by atoms with van der Waals surface area (Å²) in [5, 5.41) is 4.88. The highest BCUT2D eigenvalue weighted by Gasteiger charge is 2.22. The number of benzene rings is 1. The third kappa shape index (κ3) is 2.81. The van der Waals surface area contributed by atoms with Gasteiger partial charge in [0.05, 0.1) is 29.6 Å². The zero-order chi connectivity index (χ0) is 14.7. The molecule has 4 nitrogen and oxygen atoms in total. The van der Waals surface area contributed by atoms with Gasteiger partial charge in [0.1, 0.15) is 5.75 Å². The van der Waals surface area contributed by atoms with Crippen molar-refractivity contribution in [2.24, 2.45) is 5.73 Å². The molecule has 0 amide bonds. The summed E-state index contributed by atoms with van der Waals surface area (Å²) in [4.78, 5) is 0. The minimum absolute atomic E-state index is 0.197. The molecule has 2 aromatic rings. The summed E-state index contributed by atoms with van der Waals surface area (Å²) in [5.41, 5.74) is 8.14. The SMILES string of the molecule is CCOc1ccccc1C(N)c1c(Cl)cnn1C(C)C. The van der Waals surface area contributed by atoms with Gasteiger partial charge in [-0.2, -0.15) is 5.10 Å². The summed E-state index contributed by atoms with van der Waals surface area (Å²) < 4.78 is 7.50. The first-order valence-electron chi connectivity index (χ1n) is 6.76. The van der Waals surface area contributed by atoms with E-state index in [0.29, 0.717) is 11.6 Å². The van der Waals surface area contributed by atoms with Crippen molar-refractivity contribution < 1.29 is 4.74 Å². The van der Waals surface area contributed by atoms with Crippen molar-refractivity contribution in [2.75, 3.05) is 6.61 Å². The third-order valence-corrected chi connectivity index (χ3v) is 3.42. The average Bonchev–Trinajstić information content (AvgIpc) is 2.81. The number of halogens is 1. The van der Waals surface area contributed by atoms with E-state index in [1.165, 1.54) is 0 Å². The van der Waals surface area contributed by atoms with Crippen LogP contribution >= 0.6 is 11.6 Å². The summed E-state index contributed by atoms with van der Waals surface area (Å²) in [5.74, 6) is 0.787. The molecule has 20 heavy (non-hydrogen) atoms. The number of ether oxygens (including phenoxy) is 1. The van der Waals surface area contributed by atoms with E-state index in [0.717, 1.165) is 17.0 Å². The second-order valence-electron chi connectivity index (χ2n) is 4.86. The molecule has 0 fully saturated rings. The van der Waals surface area contributed by atoms with Gasteiger partial charge in [-0.25, -0.2) is 0 Å². The second-order valence-corrected chi connectivity index (χ2v) is 5.27. The van der Waals surface area contributed by atoms with E-state index in [9.17, 15) is 0 Å². The van der Waals surface area contributed by atoms with Crippen molar-refractivity contribution in [1.29, 1.82) is 0 Å². The van der Waals surface area contributed by atoms with Gasteiger partial charge in [-0.1, -0.05) is 29.8 Å². The molecule has 1 unspecified atom stereocenters. The molecule has 0 saturated heterocycles. The Balaban J connectivity index is 2.46. The predicted molar refractivity (Wildman–Crippen MR) is 81.3 cm³/mol. The van der Waals surface area contributed by atoms with Crippen LogP contribution in [0, 0.1) is 0 Å². The lowest BCUT2D eigenvalue weighted by Gasteiger charge is -2.20. The van der Waals surface area contributed by atoms with Gasteiger partial charge in [-0.3, -0.25) is 4.68 Å². The van der Waals surface area contributed by atoms with E-state index >= 15 is 0 Å². The van der Waals surface area contributed by atoms with Gasteiger partial charge in [0.15, 0.2) is 0 Å². The normalized spacial score (nSPS) is 12.7. The topological polar surface area (TPSA) is 53.1 Å². The molecule has 5 heteroatoms. The molecule has 0 aliphatic carbocycles. The molecule has 0 aliphatic heterocycles. The first-order chi connectivity index (χ1) is 9.56. The van der Waals surface area contributed by atoms with E-state index < -0.39 is 0 Å². The van der Waals surface area contributed by atoms with Crippen molar-refractivity contribution >= 4 is 11.6 Å². The Morgan fingerprint density at radius 1 is 1.35 bits per heavy atom. The number of hydrogen-bond donors (Lipinski definition) is 1. The summed E-state index contributed by atoms with van der Waals surface area (Å²) in [7, 11) is 0. The van der Waals surface area contributed by atoms with Gasteiger partial charge < -0.3 is 10.5 Å². The van der Waals surface area contributed by atoms with E-state index in [1.807, 2.05) is 49.7 Å². The van der Waals surface area contributed by atoms with Crippen LogP contribution < -0.4 is 10.5 Å². The molecule has 1 heterocycles. The number of hydrogen-bond acceptors (Lipinski definition) is 3. The minimum Gasteiger partial charge on any atom is -0.494 e. The van der Waals surface area contributed by atoms with E-state index in [2.05, 4.69) is 5.10 Å². The molecule has 2 N–H and O–H groups in total. The van der Waals surface area contributed by atoms with Crippen molar-refractivity contribution in [3.05, 3.63) is 46.7 Å². The Kier molecular flexibility index (Phi) is 4.68. The highest BCUT2D eigenvalue weighted by molar-refractivity contribution is 6.31. The Morgan fingerprint density at radius 3 is 2.70 bits per heavy atom. The first-order valence-corrected chi connectivity index (χ1v) is 7.14. The molecule has 0 spiro atoms. The van der Waals surface area contributed by atoms with E-state index in [-0.39, 0.29) is 12.1 Å². The molecule has 1 aromatic heterocycles. The van der Waals surface area contributed by atoms with Crippen LogP contribution in [0.4, 0.5) is 0 Å². The summed E-state index contributed by atoms with van der Waals surface area (Å²) >= 11 is 6.26. The lowest BCUT2D eigenvalue weighted by Crippen LogP contribution is -2.20. The van der Waals surface area contributed by atoms with Gasteiger partial charge in [0, 0.05) is 11.6 Å². The lowest BCUT2D eigenvalue weighted by atomic mass is 10.0. The molecular formula is C15H20ClN3O. The Morgan fingerprint density at radius 2 is 2.05 bits per heavy atom. The molecule has 0 bridgehead atoms. The van der Waals surface area contributed by atoms with Crippen LogP contribution in [-0.4, -0.2) is 16.4 Å². The summed E-state index contributed by atoms with van der Waals surface area (Å²) in [6.45, 7) is 6.65. The highest BCUT2D eigenvalue weighted by atomic mass is 35.5. The van der Waals surface area contributed by atoms with Crippen LogP contribution in [-0.2, 0) is 0 Å². The average molecular weight is 294 g/mol. The molecule has 0 aliphatic rings. The molecule has 1 aromatic carbocycles. The number of nitrogens with zero attached hydrogens (tertiary/aromatic N) is 2. The van der Waals surface area contributed by atoms with Crippen LogP contribution in [0.1, 0.15) is 44.1 Å². The largest absolute Gasteiger partial charge is 0.494 e. The lowest BCUT2D eigenvalue weighted by molar-refractivity contribution is 0.334. The zero-order valence-corrected chi connectivity index (χ0v) is 12.8. The van der Waals surface area contributed by atoms with Crippen LogP contribution in [0.2, 0.25) is 5.02 Å². The standard InChI is InChI=1S/C15H20ClN3O/c1-4-20-13-8-6-5-7-11(13)14(17)15-12(16)9-18-19(15)10(2)3/h5-10,14H,4,17H2,1-3H3. The van der Waals surface area contributed by atoms with Gasteiger partial charge in [-0.05, 0) is 26.8 Å². The van der Waals surface area contributed by atoms with Gasteiger partial charge in [0.2, 0.25) is 0 Å². The number of nitrogens with two attached hydrogens (primary N) is 1. The fraction of sp³-hybridized carbons (Fsp3) is 0.400. The van der Waals surface area contributed by atoms with Crippen molar-refractivity contribution in [3.63, 3.8) is 0 Å². The highest BCUT2D eigenvalue weighted by Crippen LogP contribution is 2.33. The summed E-state index contributed by atoms with van der Waals surface area (Å²) in [6, 6.07) is 7.59. The number of aromatic nitrogens is 2. The maximum atomic E-state index is 6.41. The van der Waals surface area contributed by atoms with Crippen molar-refractivity contribution in [3.8, 4) is 5.75 Å². The Bertz CT molecular complexity index is 580. The number of para-hydroxylation sites is 1. The van der Waals surface area contributed by atoms with Gasteiger partial charge in [0.25, 0.3) is 0 Å². The van der Waals surface area contributed by atoms with Crippen LogP contribution in [0.3, 0.4) is 0 Å². The minimum atomic E-state index is -0.366. The second kappa shape index (κ2) is 6.29. The third-order valence-electron chi connectivity index (χ3n) is 3.12. The Hall–Kier alpha value is -1.52. The van der Waals surface area contributed by atoms with Crippen molar-refractivity contribution in [2.45, 2.75) is 32.9 Å². The molecule has 1 atom stereocenters. The predicted octanol–water partition coefficient (Wildman–Crippen LogP) is 3.56. The first kappa shape index (κ1) is 14.9. The smallest absolute Gasteiger partial charge is 0.124 e. The van der Waals surface area contributed by atoms with E-state index in [1.54, 1.807) is 6.20 Å². The van der Waals surface area contributed by atoms with Crippen LogP contribution in [0.15, 0.2) is 30.5 Å². The maximum Gasteiger partial charge on any atom is 0.124 e. The van der Waals surface area contributed by atoms with Crippen LogP contribution in [0.25, 0.3) is 0 Å². The zero-order valence-electron chi connectivity index (χ0n) is 12.0. The molecular weight excluding hydrogens is 274 g/mol. The molecule has 108 valence electrons. The molecule has 0 radical (unpaired) electrons. The van der Waals surface area contributed by atoms with Crippen LogP contribution in [0.5, 0.6) is 5.75 Å². The molecule has 2 rings (SSSR count).